The van der Waals surface area contributed by atoms with E-state index in [0.29, 0.717) is 6.04 Å². The van der Waals surface area contributed by atoms with E-state index in [9.17, 15) is 0 Å². The second-order valence-corrected chi connectivity index (χ2v) is 6.53. The minimum Gasteiger partial charge on any atom is -0.328 e. The molecule has 1 aliphatic carbocycles. The zero-order valence-electron chi connectivity index (χ0n) is 12.6. The van der Waals surface area contributed by atoms with Gasteiger partial charge in [-0.1, -0.05) is 20.8 Å². The Balaban J connectivity index is 1.96. The van der Waals surface area contributed by atoms with Crippen LogP contribution in [0.4, 0.5) is 0 Å². The van der Waals surface area contributed by atoms with E-state index in [1.165, 1.54) is 36.5 Å². The van der Waals surface area contributed by atoms with Crippen LogP contribution >= 0.6 is 0 Å². The highest BCUT2D eigenvalue weighted by atomic mass is 15.1. The highest BCUT2D eigenvalue weighted by Gasteiger charge is 2.31. The lowest BCUT2D eigenvalue weighted by atomic mass is 9.79. The third kappa shape index (κ3) is 2.33. The van der Waals surface area contributed by atoms with Crippen LogP contribution in [0.3, 0.4) is 0 Å². The second kappa shape index (κ2) is 5.28. The second-order valence-electron chi connectivity index (χ2n) is 6.53. The van der Waals surface area contributed by atoms with Gasteiger partial charge in [-0.3, -0.25) is 0 Å². The van der Waals surface area contributed by atoms with Gasteiger partial charge >= 0.3 is 0 Å². The Morgan fingerprint density at radius 3 is 2.89 bits per heavy atom. The highest BCUT2D eigenvalue weighted by Crippen LogP contribution is 2.39. The number of rotatable bonds is 2. The lowest BCUT2D eigenvalue weighted by Gasteiger charge is -2.36. The molecule has 3 unspecified atom stereocenters. The third-order valence-electron chi connectivity index (χ3n) is 5.03. The maximum Gasteiger partial charge on any atom is 0.109 e. The van der Waals surface area contributed by atoms with Gasteiger partial charge in [-0.05, 0) is 31.1 Å². The van der Waals surface area contributed by atoms with Crippen molar-refractivity contribution in [2.24, 2.45) is 11.8 Å². The molecule has 3 nitrogen and oxygen atoms in total. The summed E-state index contributed by atoms with van der Waals surface area (Å²) in [5, 5.41) is 3.45. The van der Waals surface area contributed by atoms with Gasteiger partial charge in [0, 0.05) is 37.7 Å². The molecule has 0 radical (unpaired) electrons. The van der Waals surface area contributed by atoms with Gasteiger partial charge in [0.2, 0.25) is 0 Å². The molecule has 0 amide bonds. The van der Waals surface area contributed by atoms with Gasteiger partial charge in [0.05, 0.1) is 5.69 Å². The lowest BCUT2D eigenvalue weighted by molar-refractivity contribution is 0.201. The molecule has 19 heavy (non-hydrogen) atoms. The summed E-state index contributed by atoms with van der Waals surface area (Å²) in [4.78, 5) is 4.90. The molecule has 1 aromatic rings. The van der Waals surface area contributed by atoms with Crippen molar-refractivity contribution in [3.05, 3.63) is 17.2 Å². The van der Waals surface area contributed by atoms with Crippen LogP contribution in [0.15, 0.2) is 0 Å². The van der Waals surface area contributed by atoms with Crippen molar-refractivity contribution in [2.45, 2.75) is 65.5 Å². The van der Waals surface area contributed by atoms with E-state index in [1.807, 2.05) is 0 Å². The monoisotopic (exact) mass is 261 g/mol. The topological polar surface area (TPSA) is 29.9 Å². The number of nitrogens with one attached hydrogen (secondary N) is 1. The molecule has 1 N–H and O–H groups in total. The van der Waals surface area contributed by atoms with Crippen molar-refractivity contribution in [2.75, 3.05) is 6.54 Å². The lowest BCUT2D eigenvalue weighted by Crippen LogP contribution is -2.30. The van der Waals surface area contributed by atoms with E-state index in [2.05, 4.69) is 30.7 Å². The standard InChI is InChI=1S/C16H27N3/c1-4-16-18-13-10-17-8-7-15(13)19(16)14-6-5-11(2)9-12(14)3/h11-12,14,17H,4-10H2,1-3H3. The van der Waals surface area contributed by atoms with Gasteiger partial charge < -0.3 is 9.88 Å². The predicted molar refractivity (Wildman–Crippen MR) is 78.2 cm³/mol. The maximum atomic E-state index is 4.90. The predicted octanol–water partition coefficient (Wildman–Crippen LogP) is 3.09. The van der Waals surface area contributed by atoms with Crippen molar-refractivity contribution in [3.63, 3.8) is 0 Å². The summed E-state index contributed by atoms with van der Waals surface area (Å²) in [7, 11) is 0. The Morgan fingerprint density at radius 1 is 1.32 bits per heavy atom. The van der Waals surface area contributed by atoms with Gasteiger partial charge in [-0.2, -0.15) is 0 Å². The van der Waals surface area contributed by atoms with Gasteiger partial charge in [0.15, 0.2) is 0 Å². The fraction of sp³-hybridized carbons (Fsp3) is 0.812. The number of hydrogen-bond donors (Lipinski definition) is 1. The normalized spacial score (nSPS) is 31.2. The Kier molecular flexibility index (Phi) is 3.66. The van der Waals surface area contributed by atoms with E-state index in [4.69, 9.17) is 4.98 Å². The van der Waals surface area contributed by atoms with E-state index in [-0.39, 0.29) is 0 Å². The fourth-order valence-electron chi connectivity index (χ4n) is 4.06. The Hall–Kier alpha value is -0.830. The van der Waals surface area contributed by atoms with E-state index < -0.39 is 0 Å². The molecule has 0 spiro atoms. The molecule has 106 valence electrons. The smallest absolute Gasteiger partial charge is 0.109 e. The van der Waals surface area contributed by atoms with Crippen LogP contribution < -0.4 is 5.32 Å². The van der Waals surface area contributed by atoms with Crippen LogP contribution in [-0.4, -0.2) is 16.1 Å². The first-order chi connectivity index (χ1) is 9.20. The van der Waals surface area contributed by atoms with Gasteiger partial charge in [-0.25, -0.2) is 4.98 Å². The van der Waals surface area contributed by atoms with Crippen molar-refractivity contribution < 1.29 is 0 Å². The first kappa shape index (κ1) is 13.2. The van der Waals surface area contributed by atoms with Crippen LogP contribution in [0.2, 0.25) is 0 Å². The first-order valence-corrected chi connectivity index (χ1v) is 8.00. The van der Waals surface area contributed by atoms with Gasteiger partial charge in [0.25, 0.3) is 0 Å². The molecule has 0 saturated heterocycles. The highest BCUT2D eigenvalue weighted by molar-refractivity contribution is 5.22. The number of nitrogens with zero attached hydrogens (tertiary/aromatic N) is 2. The number of imidazole rings is 1. The van der Waals surface area contributed by atoms with Crippen LogP contribution in [0.5, 0.6) is 0 Å². The van der Waals surface area contributed by atoms with Gasteiger partial charge in [-0.15, -0.1) is 0 Å². The molecule has 3 rings (SSSR count). The molecular formula is C16H27N3. The van der Waals surface area contributed by atoms with Crippen molar-refractivity contribution in [3.8, 4) is 0 Å². The summed E-state index contributed by atoms with van der Waals surface area (Å²) in [6, 6.07) is 0.695. The largest absolute Gasteiger partial charge is 0.328 e. The molecule has 2 aliphatic rings. The molecule has 2 heterocycles. The van der Waals surface area contributed by atoms with Crippen LogP contribution in [0.1, 0.15) is 63.3 Å². The summed E-state index contributed by atoms with van der Waals surface area (Å²) in [6.07, 6.45) is 6.31. The minimum absolute atomic E-state index is 0.695. The molecule has 3 heteroatoms. The molecular weight excluding hydrogens is 234 g/mol. The SMILES string of the molecule is CCc1nc2c(n1C1CCC(C)CC1C)CCNC2. The van der Waals surface area contributed by atoms with Crippen LogP contribution in [0.25, 0.3) is 0 Å². The van der Waals surface area contributed by atoms with Gasteiger partial charge in [0.1, 0.15) is 5.82 Å². The molecule has 1 fully saturated rings. The molecule has 3 atom stereocenters. The number of aromatic nitrogens is 2. The summed E-state index contributed by atoms with van der Waals surface area (Å²) >= 11 is 0. The summed E-state index contributed by atoms with van der Waals surface area (Å²) in [6.45, 7) is 9.16. The molecule has 1 aliphatic heterocycles. The Labute approximate surface area is 116 Å². The molecule has 1 saturated carbocycles. The summed E-state index contributed by atoms with van der Waals surface area (Å²) in [5.74, 6) is 3.01. The Morgan fingerprint density at radius 2 is 2.16 bits per heavy atom. The average molecular weight is 261 g/mol. The van der Waals surface area contributed by atoms with E-state index in [0.717, 1.165) is 37.8 Å². The Bertz CT molecular complexity index is 449. The molecule has 1 aromatic heterocycles. The third-order valence-corrected chi connectivity index (χ3v) is 5.03. The maximum absolute atomic E-state index is 4.90. The van der Waals surface area contributed by atoms with Crippen molar-refractivity contribution >= 4 is 0 Å². The van der Waals surface area contributed by atoms with Crippen LogP contribution in [-0.2, 0) is 19.4 Å². The van der Waals surface area contributed by atoms with E-state index in [1.54, 1.807) is 0 Å². The number of hydrogen-bond acceptors (Lipinski definition) is 2. The fourth-order valence-corrected chi connectivity index (χ4v) is 4.06. The summed E-state index contributed by atoms with van der Waals surface area (Å²) in [5.41, 5.74) is 2.84. The minimum atomic E-state index is 0.695. The van der Waals surface area contributed by atoms with Crippen molar-refractivity contribution in [1.29, 1.82) is 0 Å². The average Bonchev–Trinajstić information content (AvgIpc) is 2.77. The number of fused-ring (bicyclic) bond motifs is 1. The zero-order chi connectivity index (χ0) is 13.4. The van der Waals surface area contributed by atoms with Crippen molar-refractivity contribution in [1.82, 2.24) is 14.9 Å². The summed E-state index contributed by atoms with van der Waals surface area (Å²) < 4.78 is 2.63. The quantitative estimate of drug-likeness (QED) is 0.886. The molecule has 0 bridgehead atoms. The van der Waals surface area contributed by atoms with Crippen LogP contribution in [0, 0.1) is 11.8 Å². The number of aryl methyl sites for hydroxylation is 1. The molecule has 0 aromatic carbocycles. The zero-order valence-corrected chi connectivity index (χ0v) is 12.6. The van der Waals surface area contributed by atoms with E-state index >= 15 is 0 Å². The first-order valence-electron chi connectivity index (χ1n) is 8.00.